The van der Waals surface area contributed by atoms with E-state index in [1.165, 1.54) is 0 Å². The van der Waals surface area contributed by atoms with Crippen molar-refractivity contribution in [3.05, 3.63) is 114 Å². The van der Waals surface area contributed by atoms with Crippen LogP contribution in [0.1, 0.15) is 5.69 Å². The van der Waals surface area contributed by atoms with Gasteiger partial charge in [-0.05, 0) is 91.0 Å². The van der Waals surface area contributed by atoms with E-state index in [9.17, 15) is 5.26 Å². The quantitative estimate of drug-likeness (QED) is 0.208. The summed E-state index contributed by atoms with van der Waals surface area (Å²) in [7, 11) is 0. The number of hydrogen-bond donors (Lipinski definition) is 0. The molecule has 0 bridgehead atoms. The molecule has 0 saturated carbocycles. The largest absolute Gasteiger partial charge is 0.361 e. The summed E-state index contributed by atoms with van der Waals surface area (Å²) in [4.78, 5) is 11.9. The van der Waals surface area contributed by atoms with Crippen LogP contribution in [-0.4, -0.2) is 9.97 Å². The molecule has 0 atom stereocenters. The van der Waals surface area contributed by atoms with Crippen molar-refractivity contribution in [2.75, 3.05) is 0 Å². The van der Waals surface area contributed by atoms with Gasteiger partial charge in [0.05, 0.1) is 0 Å². The van der Waals surface area contributed by atoms with Gasteiger partial charge in [0, 0.05) is 6.20 Å². The Morgan fingerprint density at radius 3 is 1.79 bits per heavy atom. The van der Waals surface area contributed by atoms with E-state index in [1.807, 2.05) is 48.5 Å². The van der Waals surface area contributed by atoms with Crippen LogP contribution in [0.15, 0.2) is 97.3 Å². The van der Waals surface area contributed by atoms with Gasteiger partial charge in [-0.15, -0.1) is 4.98 Å². The number of rotatable bonds is 2. The minimum atomic E-state index is 0.368. The first-order chi connectivity index (χ1) is 16.8. The van der Waals surface area contributed by atoms with E-state index in [1.54, 1.807) is 12.4 Å². The van der Waals surface area contributed by atoms with E-state index in [-0.39, 0.29) is 0 Å². The molecule has 0 spiro atoms. The van der Waals surface area contributed by atoms with Crippen molar-refractivity contribution in [2.45, 2.75) is 0 Å². The minimum Gasteiger partial charge on any atom is -0.361 e. The number of pyridine rings is 2. The van der Waals surface area contributed by atoms with Crippen LogP contribution in [0.2, 0.25) is 0 Å². The van der Waals surface area contributed by atoms with Crippen molar-refractivity contribution in [2.24, 2.45) is 0 Å². The van der Waals surface area contributed by atoms with Crippen LogP contribution in [0.4, 0.5) is 5.82 Å². The molecule has 0 aliphatic carbocycles. The topological polar surface area (TPSA) is 53.9 Å². The Bertz CT molecular complexity index is 1700. The second-order valence-electron chi connectivity index (χ2n) is 8.10. The fraction of sp³-hybridized carbons (Fsp3) is 0. The van der Waals surface area contributed by atoms with Crippen molar-refractivity contribution >= 4 is 38.1 Å². The zero-order chi connectivity index (χ0) is 23.1. The highest BCUT2D eigenvalue weighted by molar-refractivity contribution is 6.23. The fourth-order valence-electron chi connectivity index (χ4n) is 4.77. The molecule has 4 heteroatoms. The molecule has 4 aromatic carbocycles. The third-order valence-corrected chi connectivity index (χ3v) is 6.20. The molecule has 0 saturated heterocycles. The number of aromatic nitrogens is 2. The second-order valence-corrected chi connectivity index (χ2v) is 8.10. The van der Waals surface area contributed by atoms with Crippen LogP contribution in [0.5, 0.6) is 0 Å². The lowest BCUT2D eigenvalue weighted by molar-refractivity contribution is 1.27. The molecular formula is C30H16N4. The van der Waals surface area contributed by atoms with Gasteiger partial charge < -0.3 is 4.85 Å². The van der Waals surface area contributed by atoms with Gasteiger partial charge in [-0.2, -0.15) is 5.26 Å². The van der Waals surface area contributed by atoms with Gasteiger partial charge in [-0.1, -0.05) is 55.1 Å². The Kier molecular flexibility index (Phi) is 4.51. The van der Waals surface area contributed by atoms with Gasteiger partial charge in [-0.3, -0.25) is 0 Å². The smallest absolute Gasteiger partial charge is 0.270 e. The summed E-state index contributed by atoms with van der Waals surface area (Å²) < 4.78 is 0. The van der Waals surface area contributed by atoms with E-state index >= 15 is 0 Å². The predicted molar refractivity (Wildman–Crippen MR) is 136 cm³/mol. The maximum absolute atomic E-state index is 9.48. The molecule has 6 rings (SSSR count). The number of nitrogens with zero attached hydrogens (tertiary/aromatic N) is 4. The van der Waals surface area contributed by atoms with Crippen molar-refractivity contribution in [3.8, 4) is 28.3 Å². The van der Waals surface area contributed by atoms with Gasteiger partial charge in [0.15, 0.2) is 0 Å². The number of benzene rings is 4. The lowest BCUT2D eigenvalue weighted by atomic mass is 9.85. The summed E-state index contributed by atoms with van der Waals surface area (Å²) in [6.07, 6.45) is 3.38. The Labute approximate surface area is 196 Å². The number of fused-ring (bicyclic) bond motifs is 3. The van der Waals surface area contributed by atoms with Gasteiger partial charge in [-0.25, -0.2) is 4.98 Å². The maximum Gasteiger partial charge on any atom is 0.270 e. The second kappa shape index (κ2) is 7.81. The highest BCUT2D eigenvalue weighted by atomic mass is 14.8. The summed E-state index contributed by atoms with van der Waals surface area (Å²) in [6, 6.07) is 30.9. The lowest BCUT2D eigenvalue weighted by Gasteiger charge is -2.18. The predicted octanol–water partition coefficient (Wildman–Crippen LogP) is 7.69. The van der Waals surface area contributed by atoms with Crippen LogP contribution in [-0.2, 0) is 0 Å². The average Bonchev–Trinajstić information content (AvgIpc) is 2.90. The Morgan fingerprint density at radius 2 is 1.21 bits per heavy atom. The third-order valence-electron chi connectivity index (χ3n) is 6.20. The van der Waals surface area contributed by atoms with Crippen molar-refractivity contribution in [1.29, 1.82) is 5.26 Å². The van der Waals surface area contributed by atoms with Crippen LogP contribution in [0, 0.1) is 17.9 Å². The van der Waals surface area contributed by atoms with Crippen molar-refractivity contribution in [3.63, 3.8) is 0 Å². The monoisotopic (exact) mass is 432 g/mol. The van der Waals surface area contributed by atoms with Gasteiger partial charge in [0.2, 0.25) is 0 Å². The molecular weight excluding hydrogens is 416 g/mol. The van der Waals surface area contributed by atoms with Crippen LogP contribution >= 0.6 is 0 Å². The summed E-state index contributed by atoms with van der Waals surface area (Å²) in [5.41, 5.74) is 4.43. The Balaban J connectivity index is 1.86. The zero-order valence-corrected chi connectivity index (χ0v) is 18.0. The standard InChI is InChI=1S/C30H16N4/c1-32-28-17-22(11-13-34-28)30-25-9-5-4-8-24(25)29(21-10-12-33-23(14-21)18-31)26-15-19-6-2-3-7-20(19)16-27(26)30/h2-17H. The summed E-state index contributed by atoms with van der Waals surface area (Å²) in [5, 5.41) is 16.1. The first-order valence-electron chi connectivity index (χ1n) is 10.8. The molecule has 0 aliphatic heterocycles. The third kappa shape index (κ3) is 3.06. The molecule has 34 heavy (non-hydrogen) atoms. The van der Waals surface area contributed by atoms with Gasteiger partial charge >= 0.3 is 0 Å². The van der Waals surface area contributed by atoms with Gasteiger partial charge in [0.25, 0.3) is 5.82 Å². The molecule has 0 radical (unpaired) electrons. The van der Waals surface area contributed by atoms with E-state index in [0.717, 1.165) is 54.6 Å². The first kappa shape index (κ1) is 19.6. The van der Waals surface area contributed by atoms with Crippen LogP contribution < -0.4 is 0 Å². The summed E-state index contributed by atoms with van der Waals surface area (Å²) >= 11 is 0. The molecule has 0 aliphatic rings. The van der Waals surface area contributed by atoms with Gasteiger partial charge in [0.1, 0.15) is 18.0 Å². The molecule has 0 fully saturated rings. The van der Waals surface area contributed by atoms with E-state index in [2.05, 4.69) is 57.3 Å². The molecule has 2 heterocycles. The molecule has 0 unspecified atom stereocenters. The highest BCUT2D eigenvalue weighted by Gasteiger charge is 2.18. The summed E-state index contributed by atoms with van der Waals surface area (Å²) in [5.74, 6) is 0.368. The minimum absolute atomic E-state index is 0.368. The van der Waals surface area contributed by atoms with Crippen LogP contribution in [0.3, 0.4) is 0 Å². The average molecular weight is 432 g/mol. The number of hydrogen-bond acceptors (Lipinski definition) is 3. The molecule has 6 aromatic rings. The molecule has 156 valence electrons. The van der Waals surface area contributed by atoms with Crippen molar-refractivity contribution in [1.82, 2.24) is 9.97 Å². The summed E-state index contributed by atoms with van der Waals surface area (Å²) in [6.45, 7) is 7.45. The molecule has 4 nitrogen and oxygen atoms in total. The van der Waals surface area contributed by atoms with Crippen molar-refractivity contribution < 1.29 is 0 Å². The molecule has 2 aromatic heterocycles. The van der Waals surface area contributed by atoms with E-state index in [4.69, 9.17) is 6.57 Å². The molecule has 0 N–H and O–H groups in total. The van der Waals surface area contributed by atoms with Crippen LogP contribution in [0.25, 0.3) is 59.4 Å². The van der Waals surface area contributed by atoms with E-state index < -0.39 is 0 Å². The molecule has 0 amide bonds. The van der Waals surface area contributed by atoms with E-state index in [0.29, 0.717) is 11.5 Å². The first-order valence-corrected chi connectivity index (χ1v) is 10.8. The Morgan fingerprint density at radius 1 is 0.647 bits per heavy atom. The normalized spacial score (nSPS) is 10.9. The fourth-order valence-corrected chi connectivity index (χ4v) is 4.77. The lowest BCUT2D eigenvalue weighted by Crippen LogP contribution is -1.92. The highest BCUT2D eigenvalue weighted by Crippen LogP contribution is 2.45. The number of nitriles is 1. The SMILES string of the molecule is [C-]#[N+]c1cc(-c2c3ccccc3c(-c3ccnc(C#N)c3)c3cc4ccccc4cc23)ccn1. The zero-order valence-electron chi connectivity index (χ0n) is 18.0. The maximum atomic E-state index is 9.48. The Hall–Kier alpha value is -5.06.